The van der Waals surface area contributed by atoms with Crippen molar-refractivity contribution in [2.75, 3.05) is 18.0 Å². The van der Waals surface area contributed by atoms with E-state index in [0.29, 0.717) is 0 Å². The number of benzene rings is 1. The van der Waals surface area contributed by atoms with Gasteiger partial charge < -0.3 is 10.0 Å². The van der Waals surface area contributed by atoms with Crippen molar-refractivity contribution in [3.8, 4) is 0 Å². The average Bonchev–Trinajstić information content (AvgIpc) is 2.45. The van der Waals surface area contributed by atoms with Gasteiger partial charge in [0.1, 0.15) is 0 Å². The molecule has 0 spiro atoms. The summed E-state index contributed by atoms with van der Waals surface area (Å²) in [6.45, 7) is 9.18. The van der Waals surface area contributed by atoms with E-state index in [0.717, 1.165) is 44.3 Å². The number of nitrogens with zero attached hydrogens (tertiary/aromatic N) is 2. The van der Waals surface area contributed by atoms with Crippen LogP contribution in [0.4, 0.5) is 5.69 Å². The highest BCUT2D eigenvalue weighted by Crippen LogP contribution is 2.36. The lowest BCUT2D eigenvalue weighted by Crippen LogP contribution is -2.34. The van der Waals surface area contributed by atoms with Crippen LogP contribution >= 0.6 is 0 Å². The molecule has 4 nitrogen and oxygen atoms in total. The first kappa shape index (κ1) is 12.7. The lowest BCUT2D eigenvalue weighted by Gasteiger charge is -2.37. The van der Waals surface area contributed by atoms with Crippen molar-refractivity contribution in [3.05, 3.63) is 45.9 Å². The smallest absolute Gasteiger partial charge is 0.333 e. The number of hydrogen-bond donors (Lipinski definition) is 1. The average molecular weight is 268 g/mol. The predicted octanol–water partition coefficient (Wildman–Crippen LogP) is 2.73. The third-order valence-electron chi connectivity index (χ3n) is 4.00. The second-order valence-electron chi connectivity index (χ2n) is 5.33. The van der Waals surface area contributed by atoms with Gasteiger partial charge in [0, 0.05) is 18.8 Å². The van der Waals surface area contributed by atoms with Gasteiger partial charge in [-0.15, -0.1) is 0 Å². The summed E-state index contributed by atoms with van der Waals surface area (Å²) in [7, 11) is 0. The molecule has 1 aromatic rings. The number of rotatable bonds is 2. The number of anilines is 1. The molecule has 102 valence electrons. The van der Waals surface area contributed by atoms with Crippen LogP contribution in [0.2, 0.25) is 0 Å². The van der Waals surface area contributed by atoms with Gasteiger partial charge in [0.2, 0.25) is 0 Å². The molecule has 1 aromatic carbocycles. The minimum atomic E-state index is -1.16. The molecule has 0 radical (unpaired) electrons. The third-order valence-corrected chi connectivity index (χ3v) is 4.00. The summed E-state index contributed by atoms with van der Waals surface area (Å²) in [6.07, 6.45) is 5.87. The molecule has 2 heterocycles. The first-order valence-electron chi connectivity index (χ1n) is 6.92. The highest BCUT2D eigenvalue weighted by Gasteiger charge is 2.24. The fourth-order valence-electron chi connectivity index (χ4n) is 3.21. The molecule has 4 heteroatoms. The Bertz CT molecular complexity index is 609. The van der Waals surface area contributed by atoms with Crippen molar-refractivity contribution < 1.29 is 9.90 Å². The normalized spacial score (nSPS) is 17.4. The van der Waals surface area contributed by atoms with Crippen molar-refractivity contribution in [1.82, 2.24) is 0 Å². The first-order valence-corrected chi connectivity index (χ1v) is 6.92. The van der Waals surface area contributed by atoms with Gasteiger partial charge in [0.15, 0.2) is 0 Å². The van der Waals surface area contributed by atoms with E-state index in [2.05, 4.69) is 9.74 Å². The number of carbonyl (C=O) groups is 1. The molecule has 2 aliphatic rings. The number of carboxylic acids is 1. The molecule has 0 amide bonds. The minimum Gasteiger partial charge on any atom is -0.486 e. The number of hydrogen-bond acceptors (Lipinski definition) is 2. The molecule has 20 heavy (non-hydrogen) atoms. The van der Waals surface area contributed by atoms with Crippen LogP contribution in [-0.4, -0.2) is 24.2 Å². The van der Waals surface area contributed by atoms with E-state index >= 15 is 0 Å². The molecule has 0 atom stereocenters. The molecule has 0 unspecified atom stereocenters. The maximum atomic E-state index is 11.0. The van der Waals surface area contributed by atoms with Crippen LogP contribution in [0, 0.1) is 6.57 Å². The van der Waals surface area contributed by atoms with Crippen LogP contribution in [-0.2, 0) is 17.6 Å². The van der Waals surface area contributed by atoms with Gasteiger partial charge in [-0.05, 0) is 48.4 Å². The van der Waals surface area contributed by atoms with Gasteiger partial charge >= 0.3 is 5.97 Å². The second kappa shape index (κ2) is 5.01. The van der Waals surface area contributed by atoms with Gasteiger partial charge in [-0.25, -0.2) is 4.85 Å². The van der Waals surface area contributed by atoms with Crippen molar-refractivity contribution in [1.29, 1.82) is 0 Å². The lowest BCUT2D eigenvalue weighted by atomic mass is 9.90. The van der Waals surface area contributed by atoms with Gasteiger partial charge in [0.05, 0.1) is 6.57 Å². The van der Waals surface area contributed by atoms with E-state index in [1.54, 1.807) is 0 Å². The molecule has 0 saturated carbocycles. The summed E-state index contributed by atoms with van der Waals surface area (Å²) in [5, 5.41) is 8.96. The Morgan fingerprint density at radius 2 is 1.85 bits per heavy atom. The summed E-state index contributed by atoms with van der Waals surface area (Å²) in [5.41, 5.74) is 4.58. The molecular weight excluding hydrogens is 252 g/mol. The van der Waals surface area contributed by atoms with Crippen LogP contribution < -0.4 is 4.90 Å². The molecular formula is C16H16N2O2. The van der Waals surface area contributed by atoms with Crippen molar-refractivity contribution in [3.63, 3.8) is 0 Å². The SMILES string of the molecule is [C-]#[N+]C(=Cc1cc2c3c(c1)CCCN3CCC2)C(=O)O. The molecule has 0 saturated heterocycles. The van der Waals surface area contributed by atoms with Gasteiger partial charge in [-0.2, -0.15) is 0 Å². The molecule has 2 aliphatic heterocycles. The van der Waals surface area contributed by atoms with Crippen LogP contribution in [0.3, 0.4) is 0 Å². The van der Waals surface area contributed by atoms with E-state index in [-0.39, 0.29) is 5.70 Å². The van der Waals surface area contributed by atoms with E-state index in [9.17, 15) is 4.79 Å². The largest absolute Gasteiger partial charge is 0.486 e. The fraction of sp³-hybridized carbons (Fsp3) is 0.375. The van der Waals surface area contributed by atoms with Gasteiger partial charge in [0.25, 0.3) is 5.70 Å². The Labute approximate surface area is 118 Å². The van der Waals surface area contributed by atoms with E-state index in [4.69, 9.17) is 11.7 Å². The highest BCUT2D eigenvalue weighted by molar-refractivity contribution is 5.94. The zero-order valence-corrected chi connectivity index (χ0v) is 11.2. The maximum Gasteiger partial charge on any atom is 0.333 e. The third kappa shape index (κ3) is 2.16. The monoisotopic (exact) mass is 268 g/mol. The molecule has 0 aliphatic carbocycles. The predicted molar refractivity (Wildman–Crippen MR) is 77.5 cm³/mol. The number of aryl methyl sites for hydroxylation is 2. The standard InChI is InChI=1S/C16H16N2O2/c1-17-14(16(19)20)10-11-8-12-4-2-6-18-7-3-5-13(9-11)15(12)18/h8-10H,2-7H2,(H,19,20). The molecule has 1 N–H and O–H groups in total. The zero-order chi connectivity index (χ0) is 14.1. The Kier molecular flexibility index (Phi) is 3.19. The molecule has 0 bridgehead atoms. The van der Waals surface area contributed by atoms with Crippen LogP contribution in [0.15, 0.2) is 17.8 Å². The topological polar surface area (TPSA) is 44.9 Å². The van der Waals surface area contributed by atoms with Crippen molar-refractivity contribution in [2.24, 2.45) is 0 Å². The number of carboxylic acid groups (broad SMARTS) is 1. The van der Waals surface area contributed by atoms with Crippen LogP contribution in [0.25, 0.3) is 10.9 Å². The fourth-order valence-corrected chi connectivity index (χ4v) is 3.21. The number of aliphatic carboxylic acids is 1. The highest BCUT2D eigenvalue weighted by atomic mass is 16.4. The minimum absolute atomic E-state index is 0.222. The van der Waals surface area contributed by atoms with Crippen LogP contribution in [0.1, 0.15) is 29.5 Å². The van der Waals surface area contributed by atoms with Crippen molar-refractivity contribution in [2.45, 2.75) is 25.7 Å². The summed E-state index contributed by atoms with van der Waals surface area (Å²) in [4.78, 5) is 16.5. The van der Waals surface area contributed by atoms with Gasteiger partial charge in [-0.1, -0.05) is 12.1 Å². The maximum absolute atomic E-state index is 11.0. The van der Waals surface area contributed by atoms with E-state index in [1.165, 1.54) is 22.9 Å². The molecule has 0 fully saturated rings. The van der Waals surface area contributed by atoms with E-state index in [1.807, 2.05) is 12.1 Å². The zero-order valence-electron chi connectivity index (χ0n) is 11.2. The summed E-state index contributed by atoms with van der Waals surface area (Å²) in [6, 6.07) is 4.09. The Hall–Kier alpha value is -2.28. The van der Waals surface area contributed by atoms with E-state index < -0.39 is 5.97 Å². The second-order valence-corrected chi connectivity index (χ2v) is 5.33. The Morgan fingerprint density at radius 1 is 1.25 bits per heavy atom. The summed E-state index contributed by atoms with van der Waals surface area (Å²) < 4.78 is 0. The van der Waals surface area contributed by atoms with Gasteiger partial charge in [-0.3, -0.25) is 4.79 Å². The lowest BCUT2D eigenvalue weighted by molar-refractivity contribution is -0.132. The first-order chi connectivity index (χ1) is 9.69. The quantitative estimate of drug-likeness (QED) is 0.662. The Morgan fingerprint density at radius 3 is 2.35 bits per heavy atom. The summed E-state index contributed by atoms with van der Waals surface area (Å²) in [5.74, 6) is -1.16. The van der Waals surface area contributed by atoms with Crippen LogP contribution in [0.5, 0.6) is 0 Å². The summed E-state index contributed by atoms with van der Waals surface area (Å²) >= 11 is 0. The Balaban J connectivity index is 2.08. The molecule has 0 aromatic heterocycles. The molecule has 3 rings (SSSR count). The van der Waals surface area contributed by atoms with Crippen molar-refractivity contribution >= 4 is 17.7 Å².